The summed E-state index contributed by atoms with van der Waals surface area (Å²) in [6.45, 7) is 0.660. The average Bonchev–Trinajstić information content (AvgIpc) is 0.722. The Bertz CT molecular complexity index is 22.4. The van der Waals surface area contributed by atoms with Crippen LogP contribution in [0.4, 0.5) is 0 Å². The number of rotatable bonds is 0. The summed E-state index contributed by atoms with van der Waals surface area (Å²) in [5, 5.41) is 0. The Morgan fingerprint density at radius 2 is 1.20 bits per heavy atom. The minimum absolute atomic E-state index is 0.660. The van der Waals surface area contributed by atoms with Crippen molar-refractivity contribution in [2.75, 3.05) is 0 Å². The van der Waals surface area contributed by atoms with E-state index in [2.05, 4.69) is 0 Å². The fraction of sp³-hybridized carbons (Fsp3) is 1.00. The molecule has 5 heavy (non-hydrogen) atoms. The molecule has 0 saturated heterocycles. The molecule has 0 radical (unpaired) electrons. The summed E-state index contributed by atoms with van der Waals surface area (Å²) in [5.41, 5.74) is 0. The standard InChI is InChI=1S/CH3O3Si/c1-5(2,3)4/h1H3/q-3. The molecule has 0 aliphatic carbocycles. The highest BCUT2D eigenvalue weighted by Gasteiger charge is 1.55. The lowest BCUT2D eigenvalue weighted by molar-refractivity contribution is -0.502. The first kappa shape index (κ1) is 5.10. The Balaban J connectivity index is 3.02. The summed E-state index contributed by atoms with van der Waals surface area (Å²) in [7, 11) is -4.36. The average molecular weight is 91.1 g/mol. The first-order chi connectivity index (χ1) is 2.00. The number of hydrogen-bond donors (Lipinski definition) is 0. The van der Waals surface area contributed by atoms with Crippen LogP contribution in [0.1, 0.15) is 0 Å². The second-order valence-corrected chi connectivity index (χ2v) is 2.59. The molecular weight excluding hydrogens is 88.1 g/mol. The van der Waals surface area contributed by atoms with Crippen molar-refractivity contribution in [3.63, 3.8) is 0 Å². The third-order valence-electron chi connectivity index (χ3n) is 0. The van der Waals surface area contributed by atoms with Crippen LogP contribution in [-0.2, 0) is 0 Å². The molecule has 0 aromatic heterocycles. The molecule has 0 aromatic rings. The molecule has 0 aliphatic heterocycles. The summed E-state index contributed by atoms with van der Waals surface area (Å²) < 4.78 is 0. The van der Waals surface area contributed by atoms with Crippen LogP contribution in [0, 0.1) is 0 Å². The molecule has 0 rings (SSSR count). The zero-order valence-electron chi connectivity index (χ0n) is 2.72. The smallest absolute Gasteiger partial charge is 0.118 e. The highest BCUT2D eigenvalue weighted by Crippen LogP contribution is 1.51. The van der Waals surface area contributed by atoms with Crippen LogP contribution in [-0.4, -0.2) is 8.80 Å². The molecule has 0 bridgehead atoms. The van der Waals surface area contributed by atoms with E-state index in [9.17, 15) is 0 Å². The monoisotopic (exact) mass is 91.0 g/mol. The molecule has 32 valence electrons. The van der Waals surface area contributed by atoms with E-state index in [1.165, 1.54) is 0 Å². The van der Waals surface area contributed by atoms with E-state index in [1.807, 2.05) is 0 Å². The van der Waals surface area contributed by atoms with Gasteiger partial charge in [0, 0.05) is 0 Å². The van der Waals surface area contributed by atoms with Gasteiger partial charge in [-0.05, 0) is 0 Å². The Labute approximate surface area is 30.9 Å². The molecule has 0 aromatic carbocycles. The van der Waals surface area contributed by atoms with Gasteiger partial charge in [-0.15, -0.1) is 6.55 Å². The summed E-state index contributed by atoms with van der Waals surface area (Å²) in [5.74, 6) is 0. The fourth-order valence-electron chi connectivity index (χ4n) is 0. The van der Waals surface area contributed by atoms with Gasteiger partial charge >= 0.3 is 0 Å². The second kappa shape index (κ2) is 1.06. The van der Waals surface area contributed by atoms with Gasteiger partial charge < -0.3 is 14.4 Å². The summed E-state index contributed by atoms with van der Waals surface area (Å²) in [6, 6.07) is 0. The molecule has 0 aliphatic rings. The predicted molar refractivity (Wildman–Crippen MR) is 11.6 cm³/mol. The van der Waals surface area contributed by atoms with E-state index in [-0.39, 0.29) is 0 Å². The summed E-state index contributed by atoms with van der Waals surface area (Å²) in [6.07, 6.45) is 0. The van der Waals surface area contributed by atoms with Crippen LogP contribution in [0.5, 0.6) is 0 Å². The zero-order valence-corrected chi connectivity index (χ0v) is 3.72. The van der Waals surface area contributed by atoms with Gasteiger partial charge in [-0.2, -0.15) is 0 Å². The van der Waals surface area contributed by atoms with Crippen LogP contribution in [0.15, 0.2) is 0 Å². The van der Waals surface area contributed by atoms with Crippen molar-refractivity contribution in [1.82, 2.24) is 0 Å². The zero-order chi connectivity index (χ0) is 4.50. The minimum atomic E-state index is -4.36. The molecule has 0 unspecified atom stereocenters. The van der Waals surface area contributed by atoms with Crippen molar-refractivity contribution < 1.29 is 14.4 Å². The molecule has 0 saturated carbocycles. The van der Waals surface area contributed by atoms with Crippen molar-refractivity contribution in [3.8, 4) is 0 Å². The maximum atomic E-state index is 9.13. The molecule has 4 heteroatoms. The van der Waals surface area contributed by atoms with E-state index in [0.29, 0.717) is 6.55 Å². The topological polar surface area (TPSA) is 69.2 Å². The van der Waals surface area contributed by atoms with Gasteiger partial charge in [0.25, 0.3) is 0 Å². The van der Waals surface area contributed by atoms with Crippen LogP contribution in [0.3, 0.4) is 0 Å². The van der Waals surface area contributed by atoms with E-state index in [4.69, 9.17) is 14.4 Å². The van der Waals surface area contributed by atoms with E-state index in [0.717, 1.165) is 0 Å². The van der Waals surface area contributed by atoms with Crippen molar-refractivity contribution >= 4 is 8.80 Å². The highest BCUT2D eigenvalue weighted by molar-refractivity contribution is 6.48. The quantitative estimate of drug-likeness (QED) is 0.292. The van der Waals surface area contributed by atoms with E-state index >= 15 is 0 Å². The van der Waals surface area contributed by atoms with Crippen LogP contribution >= 0.6 is 0 Å². The van der Waals surface area contributed by atoms with Gasteiger partial charge in [-0.3, -0.25) is 8.80 Å². The Morgan fingerprint density at radius 3 is 1.20 bits per heavy atom. The lowest BCUT2D eigenvalue weighted by Gasteiger charge is -2.52. The Kier molecular flexibility index (Phi) is 1.08. The number of hydrogen-bond acceptors (Lipinski definition) is 3. The maximum absolute atomic E-state index is 9.13. The largest absolute Gasteiger partial charge is 0.881 e. The Hall–Kier alpha value is 0.0969. The summed E-state index contributed by atoms with van der Waals surface area (Å²) >= 11 is 0. The molecule has 3 nitrogen and oxygen atoms in total. The highest BCUT2D eigenvalue weighted by atomic mass is 28.4. The molecule has 0 spiro atoms. The molecule has 0 atom stereocenters. The van der Waals surface area contributed by atoms with Crippen LogP contribution in [0.2, 0.25) is 6.55 Å². The van der Waals surface area contributed by atoms with Crippen LogP contribution < -0.4 is 14.4 Å². The van der Waals surface area contributed by atoms with Crippen molar-refractivity contribution in [2.45, 2.75) is 6.55 Å². The second-order valence-electron chi connectivity index (χ2n) is 0.862. The van der Waals surface area contributed by atoms with Gasteiger partial charge in [0.15, 0.2) is 0 Å². The Morgan fingerprint density at radius 1 is 1.20 bits per heavy atom. The minimum Gasteiger partial charge on any atom is -0.881 e. The third kappa shape index (κ3) is 1920. The SMILES string of the molecule is C[Si]([O-])([O-])[O-]. The molecule has 0 N–H and O–H groups in total. The molecular formula is CH3O3Si-3. The van der Waals surface area contributed by atoms with Crippen molar-refractivity contribution in [2.24, 2.45) is 0 Å². The molecule has 0 heterocycles. The lowest BCUT2D eigenvalue weighted by Crippen LogP contribution is -2.70. The van der Waals surface area contributed by atoms with Crippen molar-refractivity contribution in [1.29, 1.82) is 0 Å². The fourth-order valence-corrected chi connectivity index (χ4v) is 0. The van der Waals surface area contributed by atoms with Crippen LogP contribution in [0.25, 0.3) is 0 Å². The predicted octanol–water partition coefficient (Wildman–Crippen LogP) is -3.36. The van der Waals surface area contributed by atoms with Gasteiger partial charge in [0.2, 0.25) is 0 Å². The van der Waals surface area contributed by atoms with E-state index < -0.39 is 8.80 Å². The first-order valence-corrected chi connectivity index (χ1v) is 3.34. The molecule has 0 amide bonds. The van der Waals surface area contributed by atoms with E-state index in [1.54, 1.807) is 0 Å². The van der Waals surface area contributed by atoms with Gasteiger partial charge in [-0.1, -0.05) is 0 Å². The lowest BCUT2D eigenvalue weighted by atomic mass is 11.9. The van der Waals surface area contributed by atoms with Gasteiger partial charge in [-0.25, -0.2) is 0 Å². The summed E-state index contributed by atoms with van der Waals surface area (Å²) in [4.78, 5) is 27.4. The first-order valence-electron chi connectivity index (χ1n) is 1.11. The van der Waals surface area contributed by atoms with Gasteiger partial charge in [0.05, 0.1) is 0 Å². The van der Waals surface area contributed by atoms with Gasteiger partial charge in [0.1, 0.15) is 0 Å². The maximum Gasteiger partial charge on any atom is -0.118 e. The normalized spacial score (nSPS) is 12.0. The molecule has 0 fully saturated rings. The third-order valence-corrected chi connectivity index (χ3v) is 0. The van der Waals surface area contributed by atoms with Crippen molar-refractivity contribution in [3.05, 3.63) is 0 Å².